The Balaban J connectivity index is 0. The Morgan fingerprint density at radius 2 is 0.964 bits per heavy atom. The molecular formula is C20H43IN2Si4Sn. The van der Waals surface area contributed by atoms with Crippen LogP contribution in [0.15, 0.2) is 34.4 Å². The molecule has 8 heteroatoms. The summed E-state index contributed by atoms with van der Waals surface area (Å²) in [6, 6.07) is 10.4. The van der Waals surface area contributed by atoms with Crippen molar-refractivity contribution in [2.24, 2.45) is 0 Å². The van der Waals surface area contributed by atoms with Crippen LogP contribution in [0.5, 0.6) is 0 Å². The molecule has 1 rings (SSSR count). The summed E-state index contributed by atoms with van der Waals surface area (Å²) in [5, 5.41) is 0. The van der Waals surface area contributed by atoms with E-state index in [1.165, 1.54) is 5.56 Å². The molecule has 0 radical (unpaired) electrons. The fourth-order valence-electron chi connectivity index (χ4n) is 2.70. The molecule has 0 fully saturated rings. The van der Waals surface area contributed by atoms with Crippen LogP contribution in [-0.2, 0) is 0 Å². The van der Waals surface area contributed by atoms with Gasteiger partial charge < -0.3 is 9.30 Å². The zero-order valence-electron chi connectivity index (χ0n) is 20.3. The van der Waals surface area contributed by atoms with Crippen molar-refractivity contribution in [1.29, 1.82) is 0 Å². The molecule has 1 aromatic rings. The standard InChI is InChI=1S/C8H7.2C6H18NSi2.HI.Sn/c1-2-8-6-4-3-5-7-8;2*1-8(2,3)7-9(4,5)6;;/h1-7H;2*1-6H3;1H;/q;2*-1;;+3/p-1. The molecule has 0 aliphatic rings. The van der Waals surface area contributed by atoms with Gasteiger partial charge in [0.05, 0.1) is 0 Å². The number of hydrogen-bond acceptors (Lipinski definition) is 0. The monoisotopic (exact) mass is 670 g/mol. The van der Waals surface area contributed by atoms with Crippen LogP contribution < -0.4 is 0 Å². The van der Waals surface area contributed by atoms with E-state index in [9.17, 15) is 0 Å². The Labute approximate surface area is 200 Å². The van der Waals surface area contributed by atoms with Crippen molar-refractivity contribution in [2.75, 3.05) is 0 Å². The molecule has 0 bridgehead atoms. The molecule has 0 spiro atoms. The normalized spacial score (nSPS) is 12.5. The van der Waals surface area contributed by atoms with E-state index >= 15 is 0 Å². The molecule has 0 aliphatic heterocycles. The summed E-state index contributed by atoms with van der Waals surface area (Å²) in [6.07, 6.45) is 2.21. The first kappa shape index (κ1) is 31.5. The molecule has 2 nitrogen and oxygen atoms in total. The van der Waals surface area contributed by atoms with Crippen LogP contribution in [0.4, 0.5) is 0 Å². The summed E-state index contributed by atoms with van der Waals surface area (Å²) in [6.45, 7) is 27.6. The molecule has 28 heavy (non-hydrogen) atoms. The van der Waals surface area contributed by atoms with Gasteiger partial charge in [0, 0.05) is 0 Å². The quantitative estimate of drug-likeness (QED) is 0.214. The summed E-state index contributed by atoms with van der Waals surface area (Å²) in [5.41, 5.74) is 1.32. The number of hydrogen-bond donors (Lipinski definition) is 0. The summed E-state index contributed by atoms with van der Waals surface area (Å²) in [7, 11) is -4.42. The first-order valence-electron chi connectivity index (χ1n) is 9.90. The number of halogens is 1. The summed E-state index contributed by atoms with van der Waals surface area (Å²) in [5.74, 6) is 0. The Bertz CT molecular complexity index is 493. The van der Waals surface area contributed by atoms with Crippen LogP contribution in [0.2, 0.25) is 78.6 Å². The number of rotatable bonds is 6. The summed E-state index contributed by atoms with van der Waals surface area (Å²) >= 11 is 2.33. The van der Waals surface area contributed by atoms with Crippen molar-refractivity contribution in [2.45, 2.75) is 78.6 Å². The van der Waals surface area contributed by atoms with Gasteiger partial charge in [0.15, 0.2) is 0 Å². The van der Waals surface area contributed by atoms with Gasteiger partial charge in [-0.05, 0) is 0 Å². The van der Waals surface area contributed by atoms with E-state index in [1.54, 1.807) is 0 Å². The van der Waals surface area contributed by atoms with Gasteiger partial charge in [-0.3, -0.25) is 0 Å². The third-order valence-corrected chi connectivity index (χ3v) is 16.5. The molecule has 0 atom stereocenters. The first-order chi connectivity index (χ1) is 12.3. The second kappa shape index (κ2) is 14.4. The van der Waals surface area contributed by atoms with E-state index in [1.807, 2.05) is 6.07 Å². The molecule has 0 heterocycles. The minimum absolute atomic E-state index is 0.168. The van der Waals surface area contributed by atoms with E-state index in [0.29, 0.717) is 0 Å². The second-order valence-electron chi connectivity index (χ2n) is 10.8. The van der Waals surface area contributed by atoms with Gasteiger partial charge in [0.2, 0.25) is 0 Å². The van der Waals surface area contributed by atoms with E-state index < -0.39 is 32.9 Å². The molecule has 0 unspecified atom stereocenters. The number of benzene rings is 1. The van der Waals surface area contributed by atoms with E-state index in [4.69, 9.17) is 9.30 Å². The predicted octanol–water partition coefficient (Wildman–Crippen LogP) is 8.77. The molecular weight excluding hydrogens is 626 g/mol. The van der Waals surface area contributed by atoms with Crippen LogP contribution in [0.3, 0.4) is 0 Å². The van der Waals surface area contributed by atoms with Crippen LogP contribution in [0, 0.1) is 0 Å². The van der Waals surface area contributed by atoms with Crippen molar-refractivity contribution < 1.29 is 0 Å². The van der Waals surface area contributed by atoms with Gasteiger partial charge in [-0.25, -0.2) is 0 Å². The Morgan fingerprint density at radius 1 is 0.643 bits per heavy atom. The van der Waals surface area contributed by atoms with Gasteiger partial charge >= 0.3 is 81.9 Å². The second-order valence-corrected chi connectivity index (χ2v) is 35.7. The van der Waals surface area contributed by atoms with Crippen LogP contribution in [-0.4, -0.2) is 50.1 Å². The zero-order chi connectivity index (χ0) is 22.6. The fourth-order valence-corrected chi connectivity index (χ4v) is 20.7. The van der Waals surface area contributed by atoms with E-state index in [-0.39, 0.29) is 17.2 Å². The van der Waals surface area contributed by atoms with Crippen molar-refractivity contribution in [3.05, 3.63) is 49.3 Å². The SMILES string of the molecule is C[Si](C)(C)[N-][Si](C)(C)C.C[Si](C)(C)[N-][Si](C)(C)C.[I][Sn+2]/[CH]=C/c1ccccc1. The Kier molecular flexibility index (Phi) is 16.1. The molecule has 0 amide bonds. The molecule has 0 N–H and O–H groups in total. The van der Waals surface area contributed by atoms with Crippen molar-refractivity contribution in [3.8, 4) is 0 Å². The summed E-state index contributed by atoms with van der Waals surface area (Å²) in [4.78, 5) is 0. The van der Waals surface area contributed by atoms with Crippen LogP contribution >= 0.6 is 18.6 Å². The van der Waals surface area contributed by atoms with Gasteiger partial charge in [0.25, 0.3) is 0 Å². The number of nitrogens with zero attached hydrogens (tertiary/aromatic N) is 2. The predicted molar refractivity (Wildman–Crippen MR) is 155 cm³/mol. The summed E-state index contributed by atoms with van der Waals surface area (Å²) < 4.78 is 12.0. The third kappa shape index (κ3) is 29.5. The molecule has 160 valence electrons. The van der Waals surface area contributed by atoms with Crippen molar-refractivity contribution in [3.63, 3.8) is 0 Å². The van der Waals surface area contributed by atoms with Crippen molar-refractivity contribution in [1.82, 2.24) is 0 Å². The first-order valence-corrected chi connectivity index (χ1v) is 33.7. The average molecular weight is 670 g/mol. The van der Waals surface area contributed by atoms with E-state index in [2.05, 4.69) is 132 Å². The van der Waals surface area contributed by atoms with Crippen molar-refractivity contribution >= 4 is 74.8 Å². The zero-order valence-corrected chi connectivity index (χ0v) is 29.3. The molecule has 0 saturated heterocycles. The van der Waals surface area contributed by atoms with Gasteiger partial charge in [-0.15, -0.1) is 0 Å². The Hall–Kier alpha value is 1.28. The molecule has 0 aliphatic carbocycles. The third-order valence-electron chi connectivity index (χ3n) is 2.48. The molecule has 1 aromatic carbocycles. The Morgan fingerprint density at radius 3 is 1.18 bits per heavy atom. The molecule has 0 aromatic heterocycles. The molecule has 0 saturated carbocycles. The van der Waals surface area contributed by atoms with Gasteiger partial charge in [0.1, 0.15) is 0 Å². The maximum absolute atomic E-state index is 4.82. The van der Waals surface area contributed by atoms with E-state index in [0.717, 1.165) is 0 Å². The topological polar surface area (TPSA) is 28.2 Å². The maximum atomic E-state index is 4.82. The van der Waals surface area contributed by atoms with Crippen LogP contribution in [0.1, 0.15) is 5.56 Å². The average Bonchev–Trinajstić information content (AvgIpc) is 2.39. The fraction of sp³-hybridized carbons (Fsp3) is 0.600. The van der Waals surface area contributed by atoms with Gasteiger partial charge in [-0.1, -0.05) is 112 Å². The van der Waals surface area contributed by atoms with Crippen LogP contribution in [0.25, 0.3) is 15.4 Å². The minimum atomic E-state index is -1.11. The van der Waals surface area contributed by atoms with Gasteiger partial charge in [-0.2, -0.15) is 0 Å².